The molecule has 0 unspecified atom stereocenters. The molecule has 2 heterocycles. The second kappa shape index (κ2) is 5.66. The van der Waals surface area contributed by atoms with Gasteiger partial charge in [-0.2, -0.15) is 0 Å². The third-order valence-electron chi connectivity index (χ3n) is 4.91. The van der Waals surface area contributed by atoms with Crippen molar-refractivity contribution in [2.24, 2.45) is 0 Å². The van der Waals surface area contributed by atoms with E-state index < -0.39 is 7.12 Å². The SMILES string of the molecule is OB(O)c1ccc2c(c1)sc1cc(C3CC3)cc(-c3ccccn3)c12. The van der Waals surface area contributed by atoms with Gasteiger partial charge in [-0.05, 0) is 60.1 Å². The van der Waals surface area contributed by atoms with Gasteiger partial charge >= 0.3 is 7.12 Å². The number of thiophene rings is 1. The van der Waals surface area contributed by atoms with Crippen LogP contribution >= 0.6 is 11.3 Å². The van der Waals surface area contributed by atoms with Crippen LogP contribution < -0.4 is 5.46 Å². The van der Waals surface area contributed by atoms with E-state index in [9.17, 15) is 10.0 Å². The molecule has 2 aromatic carbocycles. The van der Waals surface area contributed by atoms with E-state index in [0.29, 0.717) is 11.4 Å². The summed E-state index contributed by atoms with van der Waals surface area (Å²) in [5.41, 5.74) is 4.08. The van der Waals surface area contributed by atoms with Crippen molar-refractivity contribution < 1.29 is 10.0 Å². The number of rotatable bonds is 3. The van der Waals surface area contributed by atoms with Crippen LogP contribution in [-0.2, 0) is 0 Å². The molecule has 0 aliphatic heterocycles. The molecule has 1 fully saturated rings. The zero-order chi connectivity index (χ0) is 17.0. The fourth-order valence-corrected chi connectivity index (χ4v) is 4.71. The Bertz CT molecular complexity index is 1090. The third kappa shape index (κ3) is 2.56. The van der Waals surface area contributed by atoms with Gasteiger partial charge in [-0.15, -0.1) is 11.3 Å². The predicted octanol–water partition coefficient (Wildman–Crippen LogP) is 3.67. The van der Waals surface area contributed by atoms with Gasteiger partial charge in [-0.25, -0.2) is 0 Å². The lowest BCUT2D eigenvalue weighted by Gasteiger charge is -2.08. The number of benzene rings is 2. The van der Waals surface area contributed by atoms with Gasteiger partial charge in [0.15, 0.2) is 0 Å². The van der Waals surface area contributed by atoms with Gasteiger partial charge in [-0.1, -0.05) is 18.2 Å². The first-order valence-corrected chi connectivity index (χ1v) is 9.30. The number of pyridine rings is 1. The lowest BCUT2D eigenvalue weighted by molar-refractivity contribution is 0.426. The Morgan fingerprint density at radius 2 is 1.88 bits per heavy atom. The van der Waals surface area contributed by atoms with Crippen LogP contribution in [0.25, 0.3) is 31.4 Å². The normalized spacial score (nSPS) is 14.3. The summed E-state index contributed by atoms with van der Waals surface area (Å²) in [5.74, 6) is 0.673. The maximum Gasteiger partial charge on any atom is 0.488 e. The van der Waals surface area contributed by atoms with E-state index in [1.807, 2.05) is 30.5 Å². The maximum absolute atomic E-state index is 9.47. The van der Waals surface area contributed by atoms with Crippen LogP contribution in [0.2, 0.25) is 0 Å². The van der Waals surface area contributed by atoms with Crippen LogP contribution in [0.5, 0.6) is 0 Å². The lowest BCUT2D eigenvalue weighted by Crippen LogP contribution is -2.29. The minimum Gasteiger partial charge on any atom is -0.423 e. The third-order valence-corrected chi connectivity index (χ3v) is 6.01. The summed E-state index contributed by atoms with van der Waals surface area (Å²) in [7, 11) is -1.44. The molecule has 0 bridgehead atoms. The van der Waals surface area contributed by atoms with Gasteiger partial charge < -0.3 is 10.0 Å². The Morgan fingerprint density at radius 3 is 2.60 bits per heavy atom. The maximum atomic E-state index is 9.47. The summed E-state index contributed by atoms with van der Waals surface area (Å²) in [6.45, 7) is 0. The van der Waals surface area contributed by atoms with Gasteiger partial charge in [-0.3, -0.25) is 4.98 Å². The predicted molar refractivity (Wildman–Crippen MR) is 104 cm³/mol. The van der Waals surface area contributed by atoms with Crippen molar-refractivity contribution in [2.45, 2.75) is 18.8 Å². The number of nitrogens with zero attached hydrogens (tertiary/aromatic N) is 1. The molecule has 122 valence electrons. The Labute approximate surface area is 149 Å². The molecule has 1 aliphatic carbocycles. The fraction of sp³-hybridized carbons (Fsp3) is 0.150. The average molecular weight is 345 g/mol. The average Bonchev–Trinajstić information content (AvgIpc) is 3.42. The second-order valence-electron chi connectivity index (χ2n) is 6.66. The molecule has 0 saturated heterocycles. The molecule has 0 amide bonds. The zero-order valence-corrected chi connectivity index (χ0v) is 14.3. The van der Waals surface area contributed by atoms with Crippen molar-refractivity contribution in [1.29, 1.82) is 0 Å². The summed E-state index contributed by atoms with van der Waals surface area (Å²) in [5, 5.41) is 21.3. The molecular formula is C20H16BNO2S. The zero-order valence-electron chi connectivity index (χ0n) is 13.5. The highest BCUT2D eigenvalue weighted by Gasteiger charge is 2.26. The number of fused-ring (bicyclic) bond motifs is 3. The van der Waals surface area contributed by atoms with Gasteiger partial charge in [0.2, 0.25) is 0 Å². The molecule has 5 heteroatoms. The summed E-state index contributed by atoms with van der Waals surface area (Å²) >= 11 is 1.71. The van der Waals surface area contributed by atoms with Crippen molar-refractivity contribution in [3.05, 3.63) is 60.3 Å². The Balaban J connectivity index is 1.84. The molecule has 2 N–H and O–H groups in total. The van der Waals surface area contributed by atoms with Crippen molar-refractivity contribution in [3.63, 3.8) is 0 Å². The van der Waals surface area contributed by atoms with Crippen molar-refractivity contribution >= 4 is 44.1 Å². The summed E-state index contributed by atoms with van der Waals surface area (Å²) in [6, 6.07) is 16.3. The van der Waals surface area contributed by atoms with Crippen LogP contribution in [0.15, 0.2) is 54.7 Å². The first-order valence-electron chi connectivity index (χ1n) is 8.48. The van der Waals surface area contributed by atoms with Gasteiger partial charge in [0.05, 0.1) is 5.69 Å². The van der Waals surface area contributed by atoms with Crippen molar-refractivity contribution in [3.8, 4) is 11.3 Å². The molecule has 25 heavy (non-hydrogen) atoms. The first-order chi connectivity index (χ1) is 12.2. The monoisotopic (exact) mass is 345 g/mol. The molecule has 5 rings (SSSR count). The Morgan fingerprint density at radius 1 is 1.00 bits per heavy atom. The van der Waals surface area contributed by atoms with Crippen LogP contribution in [0.1, 0.15) is 24.3 Å². The largest absolute Gasteiger partial charge is 0.488 e. The molecule has 4 aromatic rings. The van der Waals surface area contributed by atoms with E-state index in [-0.39, 0.29) is 0 Å². The standard InChI is InChI=1S/C20H16BNO2S/c23-21(24)14-6-7-15-18(11-14)25-19-10-13(12-4-5-12)9-16(20(15)19)17-3-1-2-8-22-17/h1-3,6-12,23-24H,4-5H2. The van der Waals surface area contributed by atoms with E-state index in [1.54, 1.807) is 17.4 Å². The quantitative estimate of drug-likeness (QED) is 0.557. The van der Waals surface area contributed by atoms with Crippen LogP contribution in [0, 0.1) is 0 Å². The van der Waals surface area contributed by atoms with E-state index >= 15 is 0 Å². The summed E-state index contributed by atoms with van der Waals surface area (Å²) in [6.07, 6.45) is 4.36. The lowest BCUT2D eigenvalue weighted by atomic mass is 9.80. The minimum atomic E-state index is -1.44. The molecule has 0 spiro atoms. The van der Waals surface area contributed by atoms with Gasteiger partial charge in [0.1, 0.15) is 0 Å². The summed E-state index contributed by atoms with van der Waals surface area (Å²) < 4.78 is 2.32. The smallest absolute Gasteiger partial charge is 0.423 e. The van der Waals surface area contributed by atoms with E-state index in [0.717, 1.165) is 15.8 Å². The highest BCUT2D eigenvalue weighted by molar-refractivity contribution is 7.26. The molecule has 1 saturated carbocycles. The van der Waals surface area contributed by atoms with Crippen LogP contribution in [0.3, 0.4) is 0 Å². The second-order valence-corrected chi connectivity index (χ2v) is 7.75. The molecule has 0 atom stereocenters. The van der Waals surface area contributed by atoms with Gasteiger partial charge in [0, 0.05) is 31.9 Å². The molecular weight excluding hydrogens is 329 g/mol. The van der Waals surface area contributed by atoms with E-state index in [2.05, 4.69) is 23.2 Å². The first kappa shape index (κ1) is 15.1. The van der Waals surface area contributed by atoms with Crippen molar-refractivity contribution in [1.82, 2.24) is 4.98 Å². The molecule has 1 aliphatic rings. The molecule has 0 radical (unpaired) electrons. The minimum absolute atomic E-state index is 0.529. The topological polar surface area (TPSA) is 53.4 Å². The number of hydrogen-bond acceptors (Lipinski definition) is 4. The van der Waals surface area contributed by atoms with E-state index in [1.165, 1.54) is 34.1 Å². The van der Waals surface area contributed by atoms with Gasteiger partial charge in [0.25, 0.3) is 0 Å². The van der Waals surface area contributed by atoms with Crippen LogP contribution in [-0.4, -0.2) is 22.2 Å². The highest BCUT2D eigenvalue weighted by atomic mass is 32.1. The number of hydrogen-bond donors (Lipinski definition) is 2. The highest BCUT2D eigenvalue weighted by Crippen LogP contribution is 2.46. The Kier molecular flexibility index (Phi) is 3.42. The van der Waals surface area contributed by atoms with E-state index in [4.69, 9.17) is 0 Å². The van der Waals surface area contributed by atoms with Crippen molar-refractivity contribution in [2.75, 3.05) is 0 Å². The Hall–Kier alpha value is -2.21. The number of aromatic nitrogens is 1. The van der Waals surface area contributed by atoms with Crippen LogP contribution in [0.4, 0.5) is 0 Å². The molecule has 2 aromatic heterocycles. The fourth-order valence-electron chi connectivity index (χ4n) is 3.48. The summed E-state index contributed by atoms with van der Waals surface area (Å²) in [4.78, 5) is 4.58. The molecule has 3 nitrogen and oxygen atoms in total.